The van der Waals surface area contributed by atoms with Crippen LogP contribution < -0.4 is 5.73 Å². The van der Waals surface area contributed by atoms with Crippen molar-refractivity contribution < 1.29 is 4.52 Å². The number of hydrogen-bond donors (Lipinski definition) is 1. The van der Waals surface area contributed by atoms with E-state index in [0.29, 0.717) is 16.6 Å². The van der Waals surface area contributed by atoms with Crippen molar-refractivity contribution in [3.63, 3.8) is 0 Å². The number of hydrogen-bond acceptors (Lipinski definition) is 3. The van der Waals surface area contributed by atoms with Crippen LogP contribution in [0, 0.1) is 6.92 Å². The highest BCUT2D eigenvalue weighted by atomic mass is 79.9. The molecule has 0 amide bonds. The molecule has 0 atom stereocenters. The van der Waals surface area contributed by atoms with E-state index in [1.165, 1.54) is 0 Å². The second-order valence-corrected chi connectivity index (χ2v) is 6.09. The molecule has 0 saturated carbocycles. The largest absolute Gasteiger partial charge is 0.380 e. The van der Waals surface area contributed by atoms with Crippen LogP contribution >= 0.6 is 27.5 Å². The van der Waals surface area contributed by atoms with E-state index in [2.05, 4.69) is 21.1 Å². The van der Waals surface area contributed by atoms with Gasteiger partial charge in [0.15, 0.2) is 11.6 Å². The molecule has 3 nitrogen and oxygen atoms in total. The summed E-state index contributed by atoms with van der Waals surface area (Å²) in [6.45, 7) is 2.02. The van der Waals surface area contributed by atoms with Gasteiger partial charge in [-0.3, -0.25) is 0 Å². The summed E-state index contributed by atoms with van der Waals surface area (Å²) in [5, 5.41) is 4.59. The second kappa shape index (κ2) is 5.54. The van der Waals surface area contributed by atoms with Gasteiger partial charge in [0.05, 0.1) is 5.56 Å². The van der Waals surface area contributed by atoms with Gasteiger partial charge in [-0.15, -0.1) is 0 Å². The Kier molecular flexibility index (Phi) is 3.74. The van der Waals surface area contributed by atoms with Gasteiger partial charge in [-0.2, -0.15) is 0 Å². The first-order chi connectivity index (χ1) is 10.1. The number of nitrogens with zero attached hydrogens (tertiary/aromatic N) is 1. The van der Waals surface area contributed by atoms with Gasteiger partial charge >= 0.3 is 0 Å². The lowest BCUT2D eigenvalue weighted by Crippen LogP contribution is -1.90. The van der Waals surface area contributed by atoms with Crippen molar-refractivity contribution in [3.05, 3.63) is 57.5 Å². The zero-order valence-electron chi connectivity index (χ0n) is 11.2. The monoisotopic (exact) mass is 362 g/mol. The molecule has 0 spiro atoms. The zero-order valence-corrected chi connectivity index (χ0v) is 13.6. The lowest BCUT2D eigenvalue weighted by molar-refractivity contribution is 0.436. The molecule has 0 aliphatic heterocycles. The molecule has 106 valence electrons. The van der Waals surface area contributed by atoms with Crippen LogP contribution in [0.25, 0.3) is 22.5 Å². The quantitative estimate of drug-likeness (QED) is 0.671. The van der Waals surface area contributed by atoms with E-state index in [1.807, 2.05) is 49.4 Å². The molecular formula is C16H12BrClN2O. The number of anilines is 1. The summed E-state index contributed by atoms with van der Waals surface area (Å²) < 4.78 is 6.45. The molecular weight excluding hydrogens is 352 g/mol. The van der Waals surface area contributed by atoms with Crippen molar-refractivity contribution in [1.29, 1.82) is 0 Å². The van der Waals surface area contributed by atoms with E-state index in [4.69, 9.17) is 21.9 Å². The van der Waals surface area contributed by atoms with Gasteiger partial charge in [0.2, 0.25) is 0 Å². The summed E-state index contributed by atoms with van der Waals surface area (Å²) in [6.07, 6.45) is 0. The third kappa shape index (κ3) is 2.69. The van der Waals surface area contributed by atoms with Crippen molar-refractivity contribution in [3.8, 4) is 22.5 Å². The predicted octanol–water partition coefficient (Wildman–Crippen LogP) is 5.32. The molecule has 1 aromatic heterocycles. The molecule has 0 saturated heterocycles. The van der Waals surface area contributed by atoms with Gasteiger partial charge in [0.1, 0.15) is 0 Å². The van der Waals surface area contributed by atoms with Crippen LogP contribution in [0.4, 0.5) is 5.82 Å². The average Bonchev–Trinajstić information content (AvgIpc) is 2.84. The van der Waals surface area contributed by atoms with Crippen molar-refractivity contribution in [2.24, 2.45) is 0 Å². The van der Waals surface area contributed by atoms with E-state index < -0.39 is 0 Å². The molecule has 5 heteroatoms. The first-order valence-corrected chi connectivity index (χ1v) is 7.51. The van der Waals surface area contributed by atoms with Gasteiger partial charge in [0.25, 0.3) is 0 Å². The Bertz CT molecular complexity index is 797. The number of rotatable bonds is 2. The fourth-order valence-corrected chi connectivity index (χ4v) is 2.71. The molecule has 21 heavy (non-hydrogen) atoms. The van der Waals surface area contributed by atoms with E-state index in [0.717, 1.165) is 26.7 Å². The van der Waals surface area contributed by atoms with Crippen LogP contribution in [-0.4, -0.2) is 5.16 Å². The second-order valence-electron chi connectivity index (χ2n) is 4.74. The minimum absolute atomic E-state index is 0.367. The Morgan fingerprint density at radius 3 is 2.57 bits per heavy atom. The number of halogens is 2. The van der Waals surface area contributed by atoms with E-state index in [-0.39, 0.29) is 0 Å². The van der Waals surface area contributed by atoms with Crippen molar-refractivity contribution in [1.82, 2.24) is 5.16 Å². The maximum absolute atomic E-state index is 5.99. The molecule has 0 fully saturated rings. The van der Waals surface area contributed by atoms with Crippen LogP contribution in [0.15, 0.2) is 51.5 Å². The average molecular weight is 364 g/mol. The molecule has 0 radical (unpaired) electrons. The fourth-order valence-electron chi connectivity index (χ4n) is 2.22. The topological polar surface area (TPSA) is 52.0 Å². The van der Waals surface area contributed by atoms with Crippen molar-refractivity contribution in [2.75, 3.05) is 5.73 Å². The Labute approximate surface area is 135 Å². The summed E-state index contributed by atoms with van der Waals surface area (Å²) in [4.78, 5) is 0. The smallest absolute Gasteiger partial charge is 0.177 e. The molecule has 0 aliphatic rings. The lowest BCUT2D eigenvalue weighted by atomic mass is 9.99. The van der Waals surface area contributed by atoms with Gasteiger partial charge in [-0.05, 0) is 42.3 Å². The maximum Gasteiger partial charge on any atom is 0.177 e. The molecule has 3 aromatic rings. The third-order valence-electron chi connectivity index (χ3n) is 3.30. The Morgan fingerprint density at radius 1 is 1.14 bits per heavy atom. The number of nitrogen functional groups attached to an aromatic ring is 1. The highest BCUT2D eigenvalue weighted by Crippen LogP contribution is 2.39. The van der Waals surface area contributed by atoms with Gasteiger partial charge < -0.3 is 10.3 Å². The zero-order chi connectivity index (χ0) is 15.0. The molecule has 0 bridgehead atoms. The summed E-state index contributed by atoms with van der Waals surface area (Å²) in [6, 6.07) is 13.4. The number of aryl methyl sites for hydroxylation is 1. The molecule has 0 aliphatic carbocycles. The highest BCUT2D eigenvalue weighted by molar-refractivity contribution is 9.10. The SMILES string of the molecule is Cc1ccc(Br)cc1-c1onc(N)c1-c1ccc(Cl)cc1. The van der Waals surface area contributed by atoms with Gasteiger partial charge in [0, 0.05) is 15.1 Å². The summed E-state index contributed by atoms with van der Waals surface area (Å²) in [5.74, 6) is 1.03. The minimum atomic E-state index is 0.367. The van der Waals surface area contributed by atoms with Crippen LogP contribution in [0.5, 0.6) is 0 Å². The number of benzene rings is 2. The van der Waals surface area contributed by atoms with E-state index >= 15 is 0 Å². The molecule has 2 N–H and O–H groups in total. The molecule has 3 rings (SSSR count). The Balaban J connectivity index is 2.21. The Morgan fingerprint density at radius 2 is 1.86 bits per heavy atom. The number of aromatic nitrogens is 1. The molecule has 2 aromatic carbocycles. The lowest BCUT2D eigenvalue weighted by Gasteiger charge is -2.06. The fraction of sp³-hybridized carbons (Fsp3) is 0.0625. The summed E-state index contributed by atoms with van der Waals surface area (Å²) in [5.41, 5.74) is 9.74. The standard InChI is InChI=1S/C16H12BrClN2O/c1-9-2-5-11(17)8-13(9)15-14(16(19)20-21-15)10-3-6-12(18)7-4-10/h2-8H,1H3,(H2,19,20). The van der Waals surface area contributed by atoms with Gasteiger partial charge in [-0.1, -0.05) is 50.9 Å². The predicted molar refractivity (Wildman–Crippen MR) is 89.2 cm³/mol. The Hall–Kier alpha value is -1.78. The van der Waals surface area contributed by atoms with E-state index in [1.54, 1.807) is 0 Å². The normalized spacial score (nSPS) is 10.8. The first kappa shape index (κ1) is 14.2. The highest BCUT2D eigenvalue weighted by Gasteiger charge is 2.19. The maximum atomic E-state index is 5.99. The summed E-state index contributed by atoms with van der Waals surface area (Å²) in [7, 11) is 0. The van der Waals surface area contributed by atoms with Crippen LogP contribution in [0.3, 0.4) is 0 Å². The summed E-state index contributed by atoms with van der Waals surface area (Å²) >= 11 is 9.42. The van der Waals surface area contributed by atoms with Crippen molar-refractivity contribution >= 4 is 33.3 Å². The van der Waals surface area contributed by atoms with Crippen LogP contribution in [0.2, 0.25) is 5.02 Å². The van der Waals surface area contributed by atoms with Crippen molar-refractivity contribution in [2.45, 2.75) is 6.92 Å². The van der Waals surface area contributed by atoms with Crippen LogP contribution in [-0.2, 0) is 0 Å². The first-order valence-electron chi connectivity index (χ1n) is 6.34. The minimum Gasteiger partial charge on any atom is -0.380 e. The third-order valence-corrected chi connectivity index (χ3v) is 4.04. The van der Waals surface area contributed by atoms with Gasteiger partial charge in [-0.25, -0.2) is 0 Å². The molecule has 1 heterocycles. The molecule has 0 unspecified atom stereocenters. The van der Waals surface area contributed by atoms with Crippen LogP contribution in [0.1, 0.15) is 5.56 Å². The number of nitrogens with two attached hydrogens (primary N) is 1. The van der Waals surface area contributed by atoms with E-state index in [9.17, 15) is 0 Å².